The van der Waals surface area contributed by atoms with E-state index in [4.69, 9.17) is 0 Å². The molecule has 0 saturated heterocycles. The van der Waals surface area contributed by atoms with Crippen molar-refractivity contribution in [2.45, 2.75) is 65.7 Å². The molecule has 0 spiro atoms. The van der Waals surface area contributed by atoms with Crippen LogP contribution in [-0.4, -0.2) is 0 Å². The molecular weight excluding hydrogens is 156 g/mol. The van der Waals surface area contributed by atoms with Crippen molar-refractivity contribution in [2.24, 2.45) is 5.41 Å². The normalized spacial score (nSPS) is 11.6. The van der Waals surface area contributed by atoms with Crippen molar-refractivity contribution in [1.82, 2.24) is 0 Å². The smallest absolute Gasteiger partial charge is 0.0263 e. The van der Waals surface area contributed by atoms with E-state index in [1.165, 1.54) is 44.9 Å². The molecule has 0 aromatic carbocycles. The minimum atomic E-state index is 0.583. The molecule has 0 N–H and O–H groups in total. The van der Waals surface area contributed by atoms with Crippen LogP contribution in [0.4, 0.5) is 0 Å². The van der Waals surface area contributed by atoms with Gasteiger partial charge in [0.05, 0.1) is 0 Å². The minimum Gasteiger partial charge on any atom is -0.103 e. The van der Waals surface area contributed by atoms with E-state index >= 15 is 0 Å². The molecule has 0 aromatic heterocycles. The lowest BCUT2D eigenvalue weighted by atomic mass is 9.73. The van der Waals surface area contributed by atoms with E-state index < -0.39 is 0 Å². The summed E-state index contributed by atoms with van der Waals surface area (Å²) in [5.41, 5.74) is 0.583. The molecular formula is C13H26. The summed E-state index contributed by atoms with van der Waals surface area (Å²) < 4.78 is 0. The Balaban J connectivity index is 4.27. The van der Waals surface area contributed by atoms with Crippen LogP contribution >= 0.6 is 0 Å². The maximum absolute atomic E-state index is 3.89. The third kappa shape index (κ3) is 4.50. The predicted octanol–water partition coefficient (Wildman–Crippen LogP) is 4.95. The quantitative estimate of drug-likeness (QED) is 0.466. The average Bonchev–Trinajstić information content (AvgIpc) is 2.06. The number of allylic oxidation sites excluding steroid dienone is 1. The van der Waals surface area contributed by atoms with Gasteiger partial charge in [0.25, 0.3) is 0 Å². The van der Waals surface area contributed by atoms with E-state index in [-0.39, 0.29) is 0 Å². The fourth-order valence-electron chi connectivity index (χ4n) is 2.58. The minimum absolute atomic E-state index is 0.583. The van der Waals surface area contributed by atoms with Gasteiger partial charge in [-0.1, -0.05) is 46.1 Å². The number of rotatable bonds is 8. The fourth-order valence-corrected chi connectivity index (χ4v) is 2.58. The Labute approximate surface area is 84.4 Å². The van der Waals surface area contributed by atoms with E-state index in [1.54, 1.807) is 0 Å². The molecule has 0 fully saturated rings. The molecule has 0 rings (SSSR count). The molecule has 0 bridgehead atoms. The SMILES string of the molecule is C=CCC(CCC)(CCC)CCC. The highest BCUT2D eigenvalue weighted by Crippen LogP contribution is 2.38. The summed E-state index contributed by atoms with van der Waals surface area (Å²) in [6, 6.07) is 0. The third-order valence-corrected chi connectivity index (χ3v) is 2.92. The van der Waals surface area contributed by atoms with Crippen molar-refractivity contribution in [3.05, 3.63) is 12.7 Å². The van der Waals surface area contributed by atoms with Gasteiger partial charge < -0.3 is 0 Å². The molecule has 0 heteroatoms. The number of hydrogen-bond acceptors (Lipinski definition) is 0. The second-order valence-electron chi connectivity index (χ2n) is 4.24. The molecule has 0 aliphatic carbocycles. The van der Waals surface area contributed by atoms with Crippen LogP contribution in [0.25, 0.3) is 0 Å². The summed E-state index contributed by atoms with van der Waals surface area (Å²) in [6.45, 7) is 10.8. The van der Waals surface area contributed by atoms with Gasteiger partial charge in [0.1, 0.15) is 0 Å². The van der Waals surface area contributed by atoms with Crippen LogP contribution in [-0.2, 0) is 0 Å². The van der Waals surface area contributed by atoms with Crippen molar-refractivity contribution >= 4 is 0 Å². The third-order valence-electron chi connectivity index (χ3n) is 2.92. The largest absolute Gasteiger partial charge is 0.103 e. The zero-order chi connectivity index (χ0) is 10.2. The van der Waals surface area contributed by atoms with Crippen molar-refractivity contribution in [1.29, 1.82) is 0 Å². The van der Waals surface area contributed by atoms with Gasteiger partial charge in [-0.2, -0.15) is 0 Å². The summed E-state index contributed by atoms with van der Waals surface area (Å²) in [5.74, 6) is 0. The van der Waals surface area contributed by atoms with Crippen LogP contribution in [0.1, 0.15) is 65.7 Å². The first-order chi connectivity index (χ1) is 6.24. The first-order valence-corrected chi connectivity index (χ1v) is 5.85. The van der Waals surface area contributed by atoms with Gasteiger partial charge in [-0.05, 0) is 31.1 Å². The van der Waals surface area contributed by atoms with Crippen molar-refractivity contribution in [2.75, 3.05) is 0 Å². The maximum atomic E-state index is 3.89. The topological polar surface area (TPSA) is 0 Å². The Hall–Kier alpha value is -0.260. The Kier molecular flexibility index (Phi) is 7.03. The predicted molar refractivity (Wildman–Crippen MR) is 62.0 cm³/mol. The lowest BCUT2D eigenvalue weighted by molar-refractivity contribution is 0.214. The van der Waals surface area contributed by atoms with Gasteiger partial charge in [-0.3, -0.25) is 0 Å². The monoisotopic (exact) mass is 182 g/mol. The Bertz CT molecular complexity index is 107. The first kappa shape index (κ1) is 12.7. The van der Waals surface area contributed by atoms with Crippen molar-refractivity contribution in [3.63, 3.8) is 0 Å². The van der Waals surface area contributed by atoms with Crippen molar-refractivity contribution < 1.29 is 0 Å². The molecule has 0 heterocycles. The van der Waals surface area contributed by atoms with Crippen LogP contribution in [0, 0.1) is 5.41 Å². The zero-order valence-electron chi connectivity index (χ0n) is 9.73. The first-order valence-electron chi connectivity index (χ1n) is 5.85. The van der Waals surface area contributed by atoms with Crippen LogP contribution in [0.15, 0.2) is 12.7 Å². The molecule has 0 radical (unpaired) electrons. The molecule has 0 nitrogen and oxygen atoms in total. The molecule has 0 aliphatic heterocycles. The maximum Gasteiger partial charge on any atom is -0.0263 e. The molecule has 0 aromatic rings. The van der Waals surface area contributed by atoms with Gasteiger partial charge >= 0.3 is 0 Å². The average molecular weight is 182 g/mol. The summed E-state index contributed by atoms with van der Waals surface area (Å²) in [6.07, 6.45) is 11.4. The van der Waals surface area contributed by atoms with Gasteiger partial charge in [0.15, 0.2) is 0 Å². The molecule has 0 unspecified atom stereocenters. The summed E-state index contributed by atoms with van der Waals surface area (Å²) in [7, 11) is 0. The van der Waals surface area contributed by atoms with Crippen LogP contribution in [0.5, 0.6) is 0 Å². The Morgan fingerprint density at radius 1 is 0.923 bits per heavy atom. The lowest BCUT2D eigenvalue weighted by Gasteiger charge is -2.32. The molecule has 78 valence electrons. The highest BCUT2D eigenvalue weighted by atomic mass is 14.3. The van der Waals surface area contributed by atoms with E-state index in [9.17, 15) is 0 Å². The van der Waals surface area contributed by atoms with Gasteiger partial charge in [-0.25, -0.2) is 0 Å². The summed E-state index contributed by atoms with van der Waals surface area (Å²) in [4.78, 5) is 0. The second-order valence-corrected chi connectivity index (χ2v) is 4.24. The Morgan fingerprint density at radius 2 is 1.31 bits per heavy atom. The molecule has 0 amide bonds. The molecule has 0 saturated carbocycles. The van der Waals surface area contributed by atoms with Crippen molar-refractivity contribution in [3.8, 4) is 0 Å². The fraction of sp³-hybridized carbons (Fsp3) is 0.846. The highest BCUT2D eigenvalue weighted by Gasteiger charge is 2.25. The Morgan fingerprint density at radius 3 is 1.54 bits per heavy atom. The van der Waals surface area contributed by atoms with E-state index in [0.717, 1.165) is 0 Å². The lowest BCUT2D eigenvalue weighted by Crippen LogP contribution is -2.19. The second kappa shape index (κ2) is 7.17. The van der Waals surface area contributed by atoms with Gasteiger partial charge in [-0.15, -0.1) is 6.58 Å². The van der Waals surface area contributed by atoms with Gasteiger partial charge in [0.2, 0.25) is 0 Å². The zero-order valence-corrected chi connectivity index (χ0v) is 9.73. The summed E-state index contributed by atoms with van der Waals surface area (Å²) in [5, 5.41) is 0. The molecule has 0 atom stereocenters. The van der Waals surface area contributed by atoms with Gasteiger partial charge in [0, 0.05) is 0 Å². The number of hydrogen-bond donors (Lipinski definition) is 0. The van der Waals surface area contributed by atoms with Crippen LogP contribution in [0.3, 0.4) is 0 Å². The van der Waals surface area contributed by atoms with Crippen LogP contribution in [0.2, 0.25) is 0 Å². The standard InChI is InChI=1S/C13H26/c1-5-9-13(10-6-2,11-7-3)12-8-4/h5H,1,6-12H2,2-4H3. The van der Waals surface area contributed by atoms with E-state index in [0.29, 0.717) is 5.41 Å². The van der Waals surface area contributed by atoms with Crippen LogP contribution < -0.4 is 0 Å². The van der Waals surface area contributed by atoms with E-state index in [1.807, 2.05) is 0 Å². The van der Waals surface area contributed by atoms with E-state index in [2.05, 4.69) is 33.4 Å². The molecule has 0 aliphatic rings. The highest BCUT2D eigenvalue weighted by molar-refractivity contribution is 4.85. The molecule has 13 heavy (non-hydrogen) atoms. The summed E-state index contributed by atoms with van der Waals surface area (Å²) >= 11 is 0.